The highest BCUT2D eigenvalue weighted by Crippen LogP contribution is 2.35. The summed E-state index contributed by atoms with van der Waals surface area (Å²) in [7, 11) is 0. The molecule has 118 valence electrons. The fourth-order valence-electron chi connectivity index (χ4n) is 2.18. The van der Waals surface area contributed by atoms with Gasteiger partial charge in [0.05, 0.1) is 5.69 Å². The van der Waals surface area contributed by atoms with Crippen molar-refractivity contribution in [2.75, 3.05) is 11.5 Å². The zero-order valence-electron chi connectivity index (χ0n) is 12.4. The fraction of sp³-hybridized carbons (Fsp3) is 0. The number of nitriles is 1. The van der Waals surface area contributed by atoms with Crippen LogP contribution in [-0.2, 0) is 0 Å². The van der Waals surface area contributed by atoms with Crippen LogP contribution >= 0.6 is 15.9 Å². The molecule has 0 saturated carbocycles. The van der Waals surface area contributed by atoms with E-state index in [-0.39, 0.29) is 17.3 Å². The molecule has 0 aliphatic rings. The van der Waals surface area contributed by atoms with Gasteiger partial charge in [0.25, 0.3) is 0 Å². The van der Waals surface area contributed by atoms with Gasteiger partial charge in [-0.1, -0.05) is 28.1 Å². The lowest BCUT2D eigenvalue weighted by Crippen LogP contribution is -2.05. The molecule has 0 saturated heterocycles. The predicted octanol–water partition coefficient (Wildman–Crippen LogP) is 3.73. The summed E-state index contributed by atoms with van der Waals surface area (Å²) in [5.74, 6) is 1.23. The maximum absolute atomic E-state index is 9.37. The van der Waals surface area contributed by atoms with E-state index in [0.717, 1.165) is 4.47 Å². The lowest BCUT2D eigenvalue weighted by molar-refractivity contribution is 0.484. The number of anilines is 2. The van der Waals surface area contributed by atoms with E-state index >= 15 is 0 Å². The zero-order valence-corrected chi connectivity index (χ0v) is 14.0. The zero-order chi connectivity index (χ0) is 17.1. The number of hydrogen-bond donors (Lipinski definition) is 2. The van der Waals surface area contributed by atoms with Gasteiger partial charge in [-0.3, -0.25) is 0 Å². The molecule has 0 aliphatic carbocycles. The van der Waals surface area contributed by atoms with Crippen molar-refractivity contribution in [2.24, 2.45) is 0 Å². The number of benzene rings is 2. The Morgan fingerprint density at radius 1 is 1.00 bits per heavy atom. The summed E-state index contributed by atoms with van der Waals surface area (Å²) >= 11 is 3.38. The second-order valence-electron chi connectivity index (χ2n) is 4.85. The molecule has 0 atom stereocenters. The van der Waals surface area contributed by atoms with Crippen molar-refractivity contribution in [3.8, 4) is 28.8 Å². The van der Waals surface area contributed by atoms with E-state index in [1.807, 2.05) is 42.5 Å². The molecule has 24 heavy (non-hydrogen) atoms. The summed E-state index contributed by atoms with van der Waals surface area (Å²) < 4.78 is 6.88. The van der Waals surface area contributed by atoms with Gasteiger partial charge in [0.2, 0.25) is 5.95 Å². The largest absolute Gasteiger partial charge is 0.457 e. The Balaban J connectivity index is 2.11. The normalized spacial score (nSPS) is 10.2. The molecule has 0 fully saturated rings. The Morgan fingerprint density at radius 3 is 2.42 bits per heavy atom. The summed E-state index contributed by atoms with van der Waals surface area (Å²) in [5, 5.41) is 9.37. The van der Waals surface area contributed by atoms with E-state index in [1.165, 1.54) is 0 Å². The first-order valence-electron chi connectivity index (χ1n) is 6.94. The third kappa shape index (κ3) is 3.14. The molecular weight excluding hydrogens is 370 g/mol. The summed E-state index contributed by atoms with van der Waals surface area (Å²) in [6.07, 6.45) is 0. The maximum atomic E-state index is 9.37. The molecule has 1 aromatic heterocycles. The van der Waals surface area contributed by atoms with Crippen molar-refractivity contribution in [1.82, 2.24) is 9.97 Å². The van der Waals surface area contributed by atoms with Gasteiger partial charge >= 0.3 is 0 Å². The quantitative estimate of drug-likeness (QED) is 0.714. The number of para-hydroxylation sites is 1. The Hall–Kier alpha value is -3.11. The van der Waals surface area contributed by atoms with Gasteiger partial charge in [-0.2, -0.15) is 10.2 Å². The summed E-state index contributed by atoms with van der Waals surface area (Å²) in [5.41, 5.74) is 12.6. The van der Waals surface area contributed by atoms with Gasteiger partial charge in [0, 0.05) is 10.0 Å². The summed E-state index contributed by atoms with van der Waals surface area (Å²) in [6, 6.07) is 16.6. The van der Waals surface area contributed by atoms with E-state index in [1.54, 1.807) is 12.1 Å². The van der Waals surface area contributed by atoms with Crippen molar-refractivity contribution in [3.63, 3.8) is 0 Å². The van der Waals surface area contributed by atoms with E-state index in [2.05, 4.69) is 25.9 Å². The first kappa shape index (κ1) is 15.8. The SMILES string of the molecule is N#Cc1c(N)nc(N)nc1-c1ccccc1Oc1ccc(Br)cc1. The highest BCUT2D eigenvalue weighted by molar-refractivity contribution is 9.10. The minimum absolute atomic E-state index is 0.0000512. The molecular formula is C17H12BrN5O. The number of rotatable bonds is 3. The van der Waals surface area contributed by atoms with Crippen LogP contribution in [0.3, 0.4) is 0 Å². The first-order valence-corrected chi connectivity index (χ1v) is 7.73. The standard InChI is InChI=1S/C17H12BrN5O/c18-10-5-7-11(8-6-10)24-14-4-2-1-3-12(14)15-13(9-19)16(20)23-17(21)22-15/h1-8H,(H4,20,21,22,23). The summed E-state index contributed by atoms with van der Waals surface area (Å²) in [4.78, 5) is 8.00. The van der Waals surface area contributed by atoms with Crippen LogP contribution in [0.5, 0.6) is 11.5 Å². The Kier molecular flexibility index (Phi) is 4.31. The second-order valence-corrected chi connectivity index (χ2v) is 5.77. The molecule has 2 aromatic carbocycles. The Labute approximate surface area is 146 Å². The molecule has 0 spiro atoms. The van der Waals surface area contributed by atoms with Gasteiger partial charge in [-0.25, -0.2) is 4.98 Å². The highest BCUT2D eigenvalue weighted by Gasteiger charge is 2.17. The number of nitrogen functional groups attached to an aromatic ring is 2. The van der Waals surface area contributed by atoms with Crippen LogP contribution in [0.1, 0.15) is 5.56 Å². The number of ether oxygens (including phenoxy) is 1. The number of hydrogen-bond acceptors (Lipinski definition) is 6. The van der Waals surface area contributed by atoms with Crippen LogP contribution in [0.2, 0.25) is 0 Å². The topological polar surface area (TPSA) is 111 Å². The molecule has 3 aromatic rings. The molecule has 1 heterocycles. The van der Waals surface area contributed by atoms with Crippen molar-refractivity contribution in [3.05, 3.63) is 58.6 Å². The highest BCUT2D eigenvalue weighted by atomic mass is 79.9. The molecule has 3 rings (SSSR count). The lowest BCUT2D eigenvalue weighted by atomic mass is 10.1. The number of nitrogens with zero attached hydrogens (tertiary/aromatic N) is 3. The molecule has 4 N–H and O–H groups in total. The first-order chi connectivity index (χ1) is 11.6. The minimum Gasteiger partial charge on any atom is -0.457 e. The monoisotopic (exact) mass is 381 g/mol. The molecule has 0 unspecified atom stereocenters. The van der Waals surface area contributed by atoms with Crippen LogP contribution in [0.25, 0.3) is 11.3 Å². The average Bonchev–Trinajstić information content (AvgIpc) is 2.57. The fourth-order valence-corrected chi connectivity index (χ4v) is 2.45. The number of aromatic nitrogens is 2. The Morgan fingerprint density at radius 2 is 1.71 bits per heavy atom. The van der Waals surface area contributed by atoms with Crippen LogP contribution < -0.4 is 16.2 Å². The van der Waals surface area contributed by atoms with E-state index < -0.39 is 0 Å². The van der Waals surface area contributed by atoms with Gasteiger partial charge in [-0.15, -0.1) is 0 Å². The van der Waals surface area contributed by atoms with E-state index in [4.69, 9.17) is 16.2 Å². The summed E-state index contributed by atoms with van der Waals surface area (Å²) in [6.45, 7) is 0. The van der Waals surface area contributed by atoms with E-state index in [9.17, 15) is 5.26 Å². The average molecular weight is 382 g/mol. The molecule has 0 aliphatic heterocycles. The predicted molar refractivity (Wildman–Crippen MR) is 95.2 cm³/mol. The van der Waals surface area contributed by atoms with Crippen molar-refractivity contribution in [2.45, 2.75) is 0 Å². The smallest absolute Gasteiger partial charge is 0.222 e. The van der Waals surface area contributed by atoms with E-state index in [0.29, 0.717) is 22.8 Å². The van der Waals surface area contributed by atoms with Crippen LogP contribution in [0.4, 0.5) is 11.8 Å². The number of nitrogens with two attached hydrogens (primary N) is 2. The van der Waals surface area contributed by atoms with Crippen molar-refractivity contribution < 1.29 is 4.74 Å². The number of halogens is 1. The second kappa shape index (κ2) is 6.56. The maximum Gasteiger partial charge on any atom is 0.222 e. The van der Waals surface area contributed by atoms with Gasteiger partial charge in [-0.05, 0) is 36.4 Å². The van der Waals surface area contributed by atoms with Crippen LogP contribution in [0.15, 0.2) is 53.0 Å². The van der Waals surface area contributed by atoms with Gasteiger partial charge in [0.15, 0.2) is 0 Å². The van der Waals surface area contributed by atoms with Crippen molar-refractivity contribution >= 4 is 27.7 Å². The van der Waals surface area contributed by atoms with Crippen LogP contribution in [-0.4, -0.2) is 9.97 Å². The molecule has 0 amide bonds. The van der Waals surface area contributed by atoms with Gasteiger partial charge < -0.3 is 16.2 Å². The third-order valence-electron chi connectivity index (χ3n) is 3.25. The van der Waals surface area contributed by atoms with Crippen LogP contribution in [0, 0.1) is 11.3 Å². The minimum atomic E-state index is -0.0000512. The molecule has 7 heteroatoms. The van der Waals surface area contributed by atoms with Crippen molar-refractivity contribution in [1.29, 1.82) is 5.26 Å². The lowest BCUT2D eigenvalue weighted by Gasteiger charge is -2.12. The third-order valence-corrected chi connectivity index (χ3v) is 3.78. The molecule has 0 radical (unpaired) electrons. The van der Waals surface area contributed by atoms with Gasteiger partial charge in [0.1, 0.15) is 28.9 Å². The molecule has 6 nitrogen and oxygen atoms in total. The molecule has 0 bridgehead atoms. The Bertz CT molecular complexity index is 935.